The molecule has 0 atom stereocenters. The average molecular weight is 523 g/mol. The largest absolute Gasteiger partial charge is 0.507 e. The highest BCUT2D eigenvalue weighted by Gasteiger charge is 2.04. The molecule has 202 valence electrons. The van der Waals surface area contributed by atoms with Crippen LogP contribution in [0.2, 0.25) is 0 Å². The topological polar surface area (TPSA) is 54.7 Å². The number of benzene rings is 2. The van der Waals surface area contributed by atoms with Gasteiger partial charge in [0.15, 0.2) is 0 Å². The predicted octanol–water partition coefficient (Wildman–Crippen LogP) is 10.4. The molecule has 0 saturated heterocycles. The van der Waals surface area contributed by atoms with E-state index in [0.717, 1.165) is 16.6 Å². The van der Waals surface area contributed by atoms with Crippen LogP contribution in [0.5, 0.6) is 11.5 Å². The van der Waals surface area contributed by atoms with E-state index < -0.39 is 0 Å². The van der Waals surface area contributed by atoms with Gasteiger partial charge in [-0.2, -0.15) is 0 Å². The van der Waals surface area contributed by atoms with Gasteiger partial charge in [-0.25, -0.2) is 9.98 Å². The van der Waals surface area contributed by atoms with Gasteiger partial charge < -0.3 is 9.84 Å². The average Bonchev–Trinajstić information content (AvgIpc) is 3.33. The van der Waals surface area contributed by atoms with Gasteiger partial charge in [0.1, 0.15) is 11.5 Å². The Labute approximate surface area is 228 Å². The lowest BCUT2D eigenvalue weighted by Crippen LogP contribution is -1.97. The maximum absolute atomic E-state index is 10.4. The summed E-state index contributed by atoms with van der Waals surface area (Å²) in [5.41, 5.74) is 1.61. The Hall–Kier alpha value is -2.40. The van der Waals surface area contributed by atoms with E-state index in [4.69, 9.17) is 4.74 Å². The highest BCUT2D eigenvalue weighted by molar-refractivity contribution is 7.22. The molecule has 0 amide bonds. The van der Waals surface area contributed by atoms with E-state index in [-0.39, 0.29) is 5.75 Å². The molecule has 4 nitrogen and oxygen atoms in total. The van der Waals surface area contributed by atoms with E-state index >= 15 is 0 Å². The minimum atomic E-state index is 0.175. The monoisotopic (exact) mass is 522 g/mol. The molecule has 0 aliphatic carbocycles. The number of hydrogen-bond acceptors (Lipinski definition) is 5. The number of fused-ring (bicyclic) bond motifs is 1. The first-order chi connectivity index (χ1) is 18.3. The van der Waals surface area contributed by atoms with Crippen molar-refractivity contribution in [2.75, 3.05) is 6.61 Å². The number of ether oxygens (including phenoxy) is 1. The Morgan fingerprint density at radius 1 is 0.784 bits per heavy atom. The molecule has 37 heavy (non-hydrogen) atoms. The summed E-state index contributed by atoms with van der Waals surface area (Å²) in [4.78, 5) is 8.93. The van der Waals surface area contributed by atoms with Gasteiger partial charge in [0.05, 0.1) is 16.8 Å². The zero-order chi connectivity index (χ0) is 26.0. The van der Waals surface area contributed by atoms with E-state index in [1.165, 1.54) is 108 Å². The zero-order valence-corrected chi connectivity index (χ0v) is 23.6. The summed E-state index contributed by atoms with van der Waals surface area (Å²) in [6.07, 6.45) is 23.5. The van der Waals surface area contributed by atoms with Crippen LogP contribution < -0.4 is 4.74 Å². The van der Waals surface area contributed by atoms with E-state index in [0.29, 0.717) is 23.1 Å². The number of phenolic OH excluding ortho intramolecular Hbond substituents is 1. The van der Waals surface area contributed by atoms with E-state index in [1.54, 1.807) is 12.3 Å². The molecule has 5 heteroatoms. The van der Waals surface area contributed by atoms with Crippen LogP contribution in [0.15, 0.2) is 47.5 Å². The SMILES string of the molecule is CCCCCCCCCCCCCCCCCCOc1ccc(/C=N/c2nc3ccccc3s2)c(O)c1. The number of nitrogens with zero attached hydrogens (tertiary/aromatic N) is 2. The summed E-state index contributed by atoms with van der Waals surface area (Å²) in [5.74, 6) is 0.880. The van der Waals surface area contributed by atoms with Crippen molar-refractivity contribution in [3.63, 3.8) is 0 Å². The van der Waals surface area contributed by atoms with Crippen LogP contribution in [0.4, 0.5) is 5.13 Å². The maximum Gasteiger partial charge on any atom is 0.210 e. The number of para-hydroxylation sites is 1. The summed E-state index contributed by atoms with van der Waals surface area (Å²) < 4.78 is 6.96. The number of aliphatic imine (C=N–C) groups is 1. The summed E-state index contributed by atoms with van der Waals surface area (Å²) in [6.45, 7) is 2.98. The lowest BCUT2D eigenvalue weighted by Gasteiger charge is -2.08. The van der Waals surface area contributed by atoms with Crippen molar-refractivity contribution in [2.24, 2.45) is 4.99 Å². The van der Waals surface area contributed by atoms with Gasteiger partial charge >= 0.3 is 0 Å². The third-order valence-corrected chi connectivity index (χ3v) is 7.81. The molecule has 0 spiro atoms. The van der Waals surface area contributed by atoms with E-state index in [1.807, 2.05) is 36.4 Å². The molecule has 1 heterocycles. The van der Waals surface area contributed by atoms with Crippen LogP contribution in [0, 0.1) is 0 Å². The molecule has 1 aromatic heterocycles. The van der Waals surface area contributed by atoms with Crippen molar-refractivity contribution in [1.82, 2.24) is 4.98 Å². The Bertz CT molecular complexity index is 1010. The smallest absolute Gasteiger partial charge is 0.210 e. The second kappa shape index (κ2) is 18.0. The van der Waals surface area contributed by atoms with Crippen molar-refractivity contribution in [2.45, 2.75) is 110 Å². The van der Waals surface area contributed by atoms with Crippen molar-refractivity contribution in [3.05, 3.63) is 48.0 Å². The third-order valence-electron chi connectivity index (χ3n) is 6.87. The fourth-order valence-corrected chi connectivity index (χ4v) is 5.41. The number of rotatable bonds is 20. The van der Waals surface area contributed by atoms with Gasteiger partial charge in [0, 0.05) is 17.8 Å². The highest BCUT2D eigenvalue weighted by atomic mass is 32.1. The maximum atomic E-state index is 10.4. The second-order valence-electron chi connectivity index (χ2n) is 10.1. The van der Waals surface area contributed by atoms with Gasteiger partial charge in [-0.3, -0.25) is 0 Å². The first-order valence-electron chi connectivity index (χ1n) is 14.6. The van der Waals surface area contributed by atoms with E-state index in [2.05, 4.69) is 16.9 Å². The number of aromatic nitrogens is 1. The number of unbranched alkanes of at least 4 members (excludes halogenated alkanes) is 15. The number of thiazole rings is 1. The minimum Gasteiger partial charge on any atom is -0.507 e. The summed E-state index contributed by atoms with van der Waals surface area (Å²) >= 11 is 1.54. The Balaban J connectivity index is 1.18. The number of hydrogen-bond donors (Lipinski definition) is 1. The molecule has 0 radical (unpaired) electrons. The molecule has 0 saturated carbocycles. The molecule has 2 aromatic carbocycles. The molecule has 0 bridgehead atoms. The van der Waals surface area contributed by atoms with Gasteiger partial charge in [-0.05, 0) is 30.7 Å². The molecule has 0 aliphatic rings. The van der Waals surface area contributed by atoms with Crippen LogP contribution in [-0.2, 0) is 0 Å². The fourth-order valence-electron chi connectivity index (χ4n) is 4.60. The Morgan fingerprint density at radius 3 is 1.97 bits per heavy atom. The van der Waals surface area contributed by atoms with Crippen molar-refractivity contribution in [3.8, 4) is 11.5 Å². The molecular weight excluding hydrogens is 476 g/mol. The van der Waals surface area contributed by atoms with Crippen LogP contribution in [0.25, 0.3) is 10.2 Å². The van der Waals surface area contributed by atoms with Gasteiger partial charge in [0.2, 0.25) is 5.13 Å². The number of phenols is 1. The Kier molecular flexibility index (Phi) is 14.1. The van der Waals surface area contributed by atoms with Gasteiger partial charge in [0.25, 0.3) is 0 Å². The third kappa shape index (κ3) is 11.7. The van der Waals surface area contributed by atoms with Crippen LogP contribution in [-0.4, -0.2) is 22.9 Å². The lowest BCUT2D eigenvalue weighted by atomic mass is 10.0. The van der Waals surface area contributed by atoms with Crippen molar-refractivity contribution in [1.29, 1.82) is 0 Å². The molecule has 0 unspecified atom stereocenters. The Morgan fingerprint density at radius 2 is 1.38 bits per heavy atom. The summed E-state index contributed by atoms with van der Waals surface area (Å²) in [5, 5.41) is 11.0. The quantitative estimate of drug-likeness (QED) is 0.119. The van der Waals surface area contributed by atoms with Crippen LogP contribution in [0.3, 0.4) is 0 Å². The summed E-state index contributed by atoms with van der Waals surface area (Å²) in [7, 11) is 0. The molecular formula is C32H46N2O2S. The molecule has 1 N–H and O–H groups in total. The first kappa shape index (κ1) is 29.2. The lowest BCUT2D eigenvalue weighted by molar-refractivity contribution is 0.302. The van der Waals surface area contributed by atoms with Crippen LogP contribution in [0.1, 0.15) is 115 Å². The second-order valence-corrected chi connectivity index (χ2v) is 11.1. The van der Waals surface area contributed by atoms with Crippen molar-refractivity contribution < 1.29 is 9.84 Å². The fraction of sp³-hybridized carbons (Fsp3) is 0.562. The van der Waals surface area contributed by atoms with Crippen LogP contribution >= 0.6 is 11.3 Å². The predicted molar refractivity (Wildman–Crippen MR) is 160 cm³/mol. The highest BCUT2D eigenvalue weighted by Crippen LogP contribution is 2.28. The number of aromatic hydroxyl groups is 1. The first-order valence-corrected chi connectivity index (χ1v) is 15.4. The molecule has 0 fully saturated rings. The van der Waals surface area contributed by atoms with E-state index in [9.17, 15) is 5.11 Å². The molecule has 3 rings (SSSR count). The van der Waals surface area contributed by atoms with Gasteiger partial charge in [-0.15, -0.1) is 0 Å². The molecule has 0 aliphatic heterocycles. The molecule has 3 aromatic rings. The normalized spacial score (nSPS) is 11.6. The van der Waals surface area contributed by atoms with Crippen molar-refractivity contribution >= 4 is 32.9 Å². The minimum absolute atomic E-state index is 0.175. The summed E-state index contributed by atoms with van der Waals surface area (Å²) in [6, 6.07) is 13.4. The van der Waals surface area contributed by atoms with Gasteiger partial charge in [-0.1, -0.05) is 127 Å². The zero-order valence-electron chi connectivity index (χ0n) is 22.8. The standard InChI is InChI=1S/C32H46N2O2S/c1-2-3-4-5-6-7-8-9-10-11-12-13-14-15-16-19-24-36-28-23-22-27(30(35)25-28)26-33-32-34-29-20-17-18-21-31(29)37-32/h17-18,20-23,25-26,35H,2-16,19,24H2,1H3/b33-26+.